The molecule has 0 atom stereocenters. The number of hydrogen-bond donors (Lipinski definition) is 2. The minimum absolute atomic E-state index is 0.0906. The molecular weight excluding hydrogens is 432 g/mol. The minimum Gasteiger partial charge on any atom is -0.361 e. The Morgan fingerprint density at radius 1 is 1.13 bits per heavy atom. The molecule has 0 fully saturated rings. The highest BCUT2D eigenvalue weighted by Crippen LogP contribution is 2.39. The summed E-state index contributed by atoms with van der Waals surface area (Å²) in [6, 6.07) is 10.4. The Morgan fingerprint density at radius 3 is 2.58 bits per heavy atom. The lowest BCUT2D eigenvalue weighted by molar-refractivity contribution is -0.110. The molecule has 0 bridgehead atoms. The second-order valence-electron chi connectivity index (χ2n) is 7.22. The molecule has 0 saturated heterocycles. The van der Waals surface area contributed by atoms with Crippen LogP contribution in [0.1, 0.15) is 19.4 Å². The van der Waals surface area contributed by atoms with E-state index >= 15 is 0 Å². The summed E-state index contributed by atoms with van der Waals surface area (Å²) in [6.07, 6.45) is 1.66. The Hall–Kier alpha value is -2.75. The van der Waals surface area contributed by atoms with E-state index in [1.54, 1.807) is 36.0 Å². The van der Waals surface area contributed by atoms with Crippen molar-refractivity contribution in [1.82, 2.24) is 9.88 Å². The summed E-state index contributed by atoms with van der Waals surface area (Å²) < 4.78 is 26.2. The van der Waals surface area contributed by atoms with Gasteiger partial charge >= 0.3 is 0 Å². The molecule has 2 heterocycles. The Kier molecular flexibility index (Phi) is 6.08. The molecule has 3 aromatic rings. The van der Waals surface area contributed by atoms with E-state index in [-0.39, 0.29) is 11.7 Å². The first-order chi connectivity index (χ1) is 14.9. The van der Waals surface area contributed by atoms with E-state index in [9.17, 15) is 13.2 Å². The molecule has 0 saturated carbocycles. The summed E-state index contributed by atoms with van der Waals surface area (Å²) in [5.74, 6) is -0.0909. The molecule has 0 radical (unpaired) electrons. The van der Waals surface area contributed by atoms with Gasteiger partial charge in [-0.05, 0) is 49.5 Å². The SMILES string of the molecule is CCN(CC)CCS(=O)(=O)c1ccc(N/C=C2/C(=O)Nc3ccc4ncsc4c32)cc1. The number of sulfone groups is 1. The third-order valence-electron chi connectivity index (χ3n) is 5.43. The maximum atomic E-state index is 12.6. The van der Waals surface area contributed by atoms with Crippen LogP contribution < -0.4 is 10.6 Å². The molecular formula is C22H24N4O3S2. The molecule has 0 unspecified atom stereocenters. The Bertz CT molecular complexity index is 1240. The van der Waals surface area contributed by atoms with Crippen LogP contribution in [0.4, 0.5) is 11.4 Å². The van der Waals surface area contributed by atoms with Crippen LogP contribution in [-0.4, -0.2) is 49.6 Å². The van der Waals surface area contributed by atoms with Gasteiger partial charge in [0.05, 0.1) is 37.6 Å². The molecule has 162 valence electrons. The Balaban J connectivity index is 1.51. The van der Waals surface area contributed by atoms with Crippen molar-refractivity contribution in [2.45, 2.75) is 18.7 Å². The number of carbonyl (C=O) groups is 1. The van der Waals surface area contributed by atoms with E-state index in [1.165, 1.54) is 11.3 Å². The molecule has 0 aliphatic carbocycles. The van der Waals surface area contributed by atoms with Gasteiger partial charge < -0.3 is 15.5 Å². The second-order valence-corrected chi connectivity index (χ2v) is 10.2. The number of rotatable bonds is 8. The number of nitrogens with one attached hydrogen (secondary N) is 2. The maximum absolute atomic E-state index is 12.6. The van der Waals surface area contributed by atoms with Crippen molar-refractivity contribution in [3.63, 3.8) is 0 Å². The van der Waals surface area contributed by atoms with Gasteiger partial charge in [-0.2, -0.15) is 0 Å². The van der Waals surface area contributed by atoms with Crippen LogP contribution >= 0.6 is 11.3 Å². The standard InChI is InChI=1S/C22H24N4O3S2/c1-3-26(4-2)11-12-31(28,29)16-7-5-15(6-8-16)23-13-17-20-18(25-22(17)27)9-10-19-21(20)30-14-24-19/h5-10,13-14,23H,3-4,11-12H2,1-2H3,(H,25,27)/b17-13+. The molecule has 2 aromatic carbocycles. The summed E-state index contributed by atoms with van der Waals surface area (Å²) in [7, 11) is -3.34. The van der Waals surface area contributed by atoms with Crippen LogP contribution in [0.15, 0.2) is 53.0 Å². The quantitative estimate of drug-likeness (QED) is 0.501. The average Bonchev–Trinajstić information content (AvgIpc) is 3.36. The zero-order valence-corrected chi connectivity index (χ0v) is 19.0. The predicted octanol–water partition coefficient (Wildman–Crippen LogP) is 3.82. The van der Waals surface area contributed by atoms with Crippen molar-refractivity contribution in [2.24, 2.45) is 0 Å². The van der Waals surface area contributed by atoms with Gasteiger partial charge in [-0.1, -0.05) is 13.8 Å². The summed E-state index contributed by atoms with van der Waals surface area (Å²) in [4.78, 5) is 19.2. The summed E-state index contributed by atoms with van der Waals surface area (Å²) in [6.45, 7) is 6.21. The second kappa shape index (κ2) is 8.78. The molecule has 2 N–H and O–H groups in total. The monoisotopic (exact) mass is 456 g/mol. The molecule has 31 heavy (non-hydrogen) atoms. The van der Waals surface area contributed by atoms with E-state index in [0.717, 1.165) is 34.6 Å². The van der Waals surface area contributed by atoms with Crippen molar-refractivity contribution in [2.75, 3.05) is 36.0 Å². The summed E-state index contributed by atoms with van der Waals surface area (Å²) >= 11 is 1.49. The normalized spacial score (nSPS) is 14.9. The number of thiazole rings is 1. The lowest BCUT2D eigenvalue weighted by Gasteiger charge is -2.17. The fraction of sp³-hybridized carbons (Fsp3) is 0.273. The fourth-order valence-electron chi connectivity index (χ4n) is 3.56. The predicted molar refractivity (Wildman–Crippen MR) is 126 cm³/mol. The first-order valence-corrected chi connectivity index (χ1v) is 12.7. The number of nitrogens with zero attached hydrogens (tertiary/aromatic N) is 2. The van der Waals surface area contributed by atoms with Gasteiger partial charge in [-0.15, -0.1) is 11.3 Å². The zero-order chi connectivity index (χ0) is 22.0. The van der Waals surface area contributed by atoms with Crippen LogP contribution in [0.3, 0.4) is 0 Å². The van der Waals surface area contributed by atoms with Gasteiger partial charge in [0.2, 0.25) is 0 Å². The van der Waals surface area contributed by atoms with E-state index in [2.05, 4.69) is 20.5 Å². The third kappa shape index (κ3) is 4.34. The third-order valence-corrected chi connectivity index (χ3v) is 8.00. The highest BCUT2D eigenvalue weighted by molar-refractivity contribution is 7.91. The average molecular weight is 457 g/mol. The van der Waals surface area contributed by atoms with Gasteiger partial charge in [0, 0.05) is 24.0 Å². The van der Waals surface area contributed by atoms with Crippen LogP contribution in [0.25, 0.3) is 15.8 Å². The van der Waals surface area contributed by atoms with Gasteiger partial charge in [-0.25, -0.2) is 13.4 Å². The lowest BCUT2D eigenvalue weighted by Crippen LogP contribution is -2.29. The molecule has 7 nitrogen and oxygen atoms in total. The van der Waals surface area contributed by atoms with Crippen LogP contribution in [0.2, 0.25) is 0 Å². The fourth-order valence-corrected chi connectivity index (χ4v) is 5.70. The number of amides is 1. The first-order valence-electron chi connectivity index (χ1n) is 10.1. The minimum atomic E-state index is -3.34. The number of fused-ring (bicyclic) bond motifs is 3. The molecule has 0 spiro atoms. The number of anilines is 2. The van der Waals surface area contributed by atoms with Gasteiger partial charge in [0.1, 0.15) is 0 Å². The molecule has 4 rings (SSSR count). The topological polar surface area (TPSA) is 91.4 Å². The van der Waals surface area contributed by atoms with Crippen LogP contribution in [0.5, 0.6) is 0 Å². The highest BCUT2D eigenvalue weighted by Gasteiger charge is 2.27. The van der Waals surface area contributed by atoms with E-state index in [0.29, 0.717) is 22.7 Å². The van der Waals surface area contributed by atoms with Crippen LogP contribution in [0, 0.1) is 0 Å². The molecule has 1 aliphatic heterocycles. The van der Waals surface area contributed by atoms with Crippen molar-refractivity contribution in [3.8, 4) is 0 Å². The Labute approximate surface area is 185 Å². The highest BCUT2D eigenvalue weighted by atomic mass is 32.2. The van der Waals surface area contributed by atoms with Crippen molar-refractivity contribution >= 4 is 54.2 Å². The maximum Gasteiger partial charge on any atom is 0.257 e. The number of hydrogen-bond acceptors (Lipinski definition) is 7. The van der Waals surface area contributed by atoms with E-state index in [1.807, 2.05) is 26.0 Å². The first kappa shape index (κ1) is 21.5. The summed E-state index contributed by atoms with van der Waals surface area (Å²) in [5.41, 5.74) is 5.45. The van der Waals surface area contributed by atoms with E-state index < -0.39 is 9.84 Å². The van der Waals surface area contributed by atoms with Gasteiger partial charge in [-0.3, -0.25) is 4.79 Å². The number of carbonyl (C=O) groups excluding carboxylic acids is 1. The van der Waals surface area contributed by atoms with Crippen molar-refractivity contribution < 1.29 is 13.2 Å². The van der Waals surface area contributed by atoms with Gasteiger partial charge in [0.15, 0.2) is 9.84 Å². The Morgan fingerprint density at radius 2 is 1.87 bits per heavy atom. The molecule has 1 aliphatic rings. The van der Waals surface area contributed by atoms with Crippen molar-refractivity contribution in [3.05, 3.63) is 53.7 Å². The molecule has 1 aromatic heterocycles. The summed E-state index contributed by atoms with van der Waals surface area (Å²) in [5, 5.41) is 6.00. The largest absolute Gasteiger partial charge is 0.361 e. The zero-order valence-electron chi connectivity index (χ0n) is 17.4. The van der Waals surface area contributed by atoms with Crippen molar-refractivity contribution in [1.29, 1.82) is 0 Å². The number of benzene rings is 2. The van der Waals surface area contributed by atoms with E-state index in [4.69, 9.17) is 0 Å². The van der Waals surface area contributed by atoms with Gasteiger partial charge in [0.25, 0.3) is 5.91 Å². The smallest absolute Gasteiger partial charge is 0.257 e. The lowest BCUT2D eigenvalue weighted by atomic mass is 10.1. The molecule has 9 heteroatoms. The number of aromatic nitrogens is 1. The molecule has 1 amide bonds. The van der Waals surface area contributed by atoms with Crippen LogP contribution in [-0.2, 0) is 14.6 Å².